The Bertz CT molecular complexity index is 475. The van der Waals surface area contributed by atoms with Gasteiger partial charge in [0.1, 0.15) is 6.67 Å². The number of hydrogen-bond acceptors (Lipinski definition) is 5. The van der Waals surface area contributed by atoms with Crippen molar-refractivity contribution in [1.82, 2.24) is 4.98 Å². The number of carbonyl (C=O) groups excluding carboxylic acids is 1. The smallest absolute Gasteiger partial charge is 0.494 e. The Kier molecular flexibility index (Phi) is 4.52. The average Bonchev–Trinajstić information content (AvgIpc) is 2.35. The van der Waals surface area contributed by atoms with Crippen LogP contribution in [-0.4, -0.2) is 31.5 Å². The van der Waals surface area contributed by atoms with Crippen LogP contribution < -0.4 is 9.47 Å². The summed E-state index contributed by atoms with van der Waals surface area (Å²) in [5, 5.41) is 0. The van der Waals surface area contributed by atoms with Crippen LogP contribution in [-0.2, 0) is 11.4 Å². The Labute approximate surface area is 105 Å². The second-order valence-electron chi connectivity index (χ2n) is 3.16. The molecule has 0 bridgehead atoms. The summed E-state index contributed by atoms with van der Waals surface area (Å²) in [6.07, 6.45) is -4.43. The molecule has 0 fully saturated rings. The van der Waals surface area contributed by atoms with E-state index in [4.69, 9.17) is 4.74 Å². The Morgan fingerprint density at radius 1 is 1.37 bits per heavy atom. The van der Waals surface area contributed by atoms with Gasteiger partial charge >= 0.3 is 12.3 Å². The first kappa shape index (κ1) is 15.0. The molecule has 0 amide bonds. The van der Waals surface area contributed by atoms with Crippen LogP contribution in [0.4, 0.5) is 17.6 Å². The zero-order valence-electron chi connectivity index (χ0n) is 9.88. The third kappa shape index (κ3) is 3.46. The van der Waals surface area contributed by atoms with E-state index in [2.05, 4.69) is 14.5 Å². The molecule has 1 rings (SSSR count). The van der Waals surface area contributed by atoms with Crippen LogP contribution in [0.3, 0.4) is 0 Å². The van der Waals surface area contributed by atoms with Crippen LogP contribution >= 0.6 is 0 Å². The second-order valence-corrected chi connectivity index (χ2v) is 3.16. The molecule has 0 aliphatic carbocycles. The van der Waals surface area contributed by atoms with Gasteiger partial charge in [0, 0.05) is 0 Å². The molecule has 0 aromatic carbocycles. The highest BCUT2D eigenvalue weighted by Crippen LogP contribution is 2.34. The molecule has 0 aliphatic heterocycles. The Hall–Kier alpha value is -2.06. The number of nitrogens with zero attached hydrogens (tertiary/aromatic N) is 1. The maximum atomic E-state index is 12.8. The summed E-state index contributed by atoms with van der Waals surface area (Å²) in [5.41, 5.74) is -1.01. The first-order valence-electron chi connectivity index (χ1n) is 4.80. The van der Waals surface area contributed by atoms with E-state index < -0.39 is 41.8 Å². The number of esters is 1. The zero-order chi connectivity index (χ0) is 14.6. The van der Waals surface area contributed by atoms with Crippen molar-refractivity contribution in [3.63, 3.8) is 0 Å². The van der Waals surface area contributed by atoms with Crippen LogP contribution in [0, 0.1) is 0 Å². The summed E-state index contributed by atoms with van der Waals surface area (Å²) < 4.78 is 61.8. The van der Waals surface area contributed by atoms with Gasteiger partial charge in [0.15, 0.2) is 17.2 Å². The largest absolute Gasteiger partial charge is 0.573 e. The highest BCUT2D eigenvalue weighted by Gasteiger charge is 2.34. The fraction of sp³-hybridized carbons (Fsp3) is 0.400. The lowest BCUT2D eigenvalue weighted by atomic mass is 10.2. The third-order valence-electron chi connectivity index (χ3n) is 2.04. The van der Waals surface area contributed by atoms with Gasteiger partial charge in [-0.25, -0.2) is 14.2 Å². The van der Waals surface area contributed by atoms with E-state index in [0.29, 0.717) is 6.20 Å². The van der Waals surface area contributed by atoms with Crippen molar-refractivity contribution in [2.75, 3.05) is 14.2 Å². The van der Waals surface area contributed by atoms with Crippen molar-refractivity contribution in [3.8, 4) is 11.5 Å². The minimum absolute atomic E-state index is 0.438. The Morgan fingerprint density at radius 2 is 2.00 bits per heavy atom. The van der Waals surface area contributed by atoms with E-state index in [9.17, 15) is 22.4 Å². The number of aromatic nitrogens is 1. The molecular weight excluding hydrogens is 274 g/mol. The third-order valence-corrected chi connectivity index (χ3v) is 2.04. The van der Waals surface area contributed by atoms with Crippen molar-refractivity contribution in [2.45, 2.75) is 13.0 Å². The summed E-state index contributed by atoms with van der Waals surface area (Å²) in [4.78, 5) is 14.7. The van der Waals surface area contributed by atoms with Crippen molar-refractivity contribution < 1.29 is 36.6 Å². The monoisotopic (exact) mass is 283 g/mol. The predicted molar refractivity (Wildman–Crippen MR) is 53.6 cm³/mol. The molecule has 0 spiro atoms. The van der Waals surface area contributed by atoms with Gasteiger partial charge in [-0.3, -0.25) is 0 Å². The minimum Gasteiger partial charge on any atom is -0.494 e. The summed E-state index contributed by atoms with van der Waals surface area (Å²) in [7, 11) is 2.10. The van der Waals surface area contributed by atoms with E-state index in [-0.39, 0.29) is 0 Å². The number of hydrogen-bond donors (Lipinski definition) is 0. The van der Waals surface area contributed by atoms with Crippen LogP contribution in [0.2, 0.25) is 0 Å². The zero-order valence-corrected chi connectivity index (χ0v) is 9.88. The van der Waals surface area contributed by atoms with Crippen molar-refractivity contribution in [2.24, 2.45) is 0 Å². The number of pyridine rings is 1. The molecule has 0 atom stereocenters. The van der Waals surface area contributed by atoms with Crippen molar-refractivity contribution in [1.29, 1.82) is 0 Å². The SMILES string of the molecule is COC(=O)c1ncc(OC(F)(F)F)c(CF)c1OC. The first-order chi connectivity index (χ1) is 8.84. The van der Waals surface area contributed by atoms with Gasteiger partial charge < -0.3 is 14.2 Å². The predicted octanol–water partition coefficient (Wildman–Crippen LogP) is 2.24. The maximum Gasteiger partial charge on any atom is 0.573 e. The van der Waals surface area contributed by atoms with Crippen molar-refractivity contribution in [3.05, 3.63) is 17.5 Å². The van der Waals surface area contributed by atoms with Gasteiger partial charge in [-0.05, 0) is 0 Å². The van der Waals surface area contributed by atoms with E-state index in [1.54, 1.807) is 0 Å². The molecule has 106 valence electrons. The summed E-state index contributed by atoms with van der Waals surface area (Å²) in [6.45, 7) is -1.33. The topological polar surface area (TPSA) is 57.7 Å². The van der Waals surface area contributed by atoms with Gasteiger partial charge in [0.2, 0.25) is 0 Å². The molecule has 9 heteroatoms. The molecule has 0 aliphatic rings. The van der Waals surface area contributed by atoms with Gasteiger partial charge in [0.25, 0.3) is 0 Å². The number of rotatable bonds is 4. The Balaban J connectivity index is 3.34. The molecule has 1 aromatic heterocycles. The quantitative estimate of drug-likeness (QED) is 0.626. The lowest BCUT2D eigenvalue weighted by Gasteiger charge is -2.15. The summed E-state index contributed by atoms with van der Waals surface area (Å²) in [6, 6.07) is 0. The molecule has 0 saturated carbocycles. The first-order valence-corrected chi connectivity index (χ1v) is 4.80. The molecule has 0 radical (unpaired) electrons. The number of halogens is 4. The van der Waals surface area contributed by atoms with Crippen LogP contribution in [0.1, 0.15) is 16.1 Å². The number of methoxy groups -OCH3 is 2. The highest BCUT2D eigenvalue weighted by molar-refractivity contribution is 5.91. The molecule has 0 saturated heterocycles. The van der Waals surface area contributed by atoms with Crippen molar-refractivity contribution >= 4 is 5.97 Å². The van der Waals surface area contributed by atoms with Crippen LogP contribution in [0.15, 0.2) is 6.20 Å². The summed E-state index contributed by atoms with van der Waals surface area (Å²) >= 11 is 0. The van der Waals surface area contributed by atoms with E-state index >= 15 is 0 Å². The molecule has 1 heterocycles. The lowest BCUT2D eigenvalue weighted by Crippen LogP contribution is -2.19. The van der Waals surface area contributed by atoms with E-state index in [1.807, 2.05) is 0 Å². The summed E-state index contributed by atoms with van der Waals surface area (Å²) in [5.74, 6) is -2.30. The van der Waals surface area contributed by atoms with Gasteiger partial charge in [-0.1, -0.05) is 0 Å². The average molecular weight is 283 g/mol. The van der Waals surface area contributed by atoms with Crippen LogP contribution in [0.25, 0.3) is 0 Å². The fourth-order valence-electron chi connectivity index (χ4n) is 1.32. The molecule has 0 N–H and O–H groups in total. The highest BCUT2D eigenvalue weighted by atomic mass is 19.4. The fourth-order valence-corrected chi connectivity index (χ4v) is 1.32. The van der Waals surface area contributed by atoms with Gasteiger partial charge in [-0.15, -0.1) is 13.2 Å². The number of ether oxygens (including phenoxy) is 3. The Morgan fingerprint density at radius 3 is 2.42 bits per heavy atom. The van der Waals surface area contributed by atoms with E-state index in [0.717, 1.165) is 14.2 Å². The van der Waals surface area contributed by atoms with Gasteiger partial charge in [-0.2, -0.15) is 0 Å². The maximum absolute atomic E-state index is 12.8. The minimum atomic E-state index is -5.01. The second kappa shape index (κ2) is 5.72. The van der Waals surface area contributed by atoms with Crippen LogP contribution in [0.5, 0.6) is 11.5 Å². The molecular formula is C10H9F4NO4. The van der Waals surface area contributed by atoms with Gasteiger partial charge in [0.05, 0.1) is 26.0 Å². The number of carbonyl (C=O) groups is 1. The van der Waals surface area contributed by atoms with E-state index in [1.165, 1.54) is 0 Å². The molecule has 1 aromatic rings. The standard InChI is InChI=1S/C10H9F4NO4/c1-17-8-5(3-11)6(19-10(12,13)14)4-15-7(8)9(16)18-2/h4H,3H2,1-2H3. The molecule has 0 unspecified atom stereocenters. The molecule has 5 nitrogen and oxygen atoms in total. The number of alkyl halides is 4. The normalized spacial score (nSPS) is 11.1. The molecule has 19 heavy (non-hydrogen) atoms. The lowest BCUT2D eigenvalue weighted by molar-refractivity contribution is -0.275.